The second-order valence-corrected chi connectivity index (χ2v) is 6.50. The number of fused-ring (bicyclic) bond motifs is 1. The van der Waals surface area contributed by atoms with Crippen LogP contribution in [-0.4, -0.2) is 17.1 Å². The molecule has 0 aliphatic rings. The van der Waals surface area contributed by atoms with Crippen LogP contribution in [0, 0.1) is 5.82 Å². The van der Waals surface area contributed by atoms with Crippen molar-refractivity contribution in [2.45, 2.75) is 11.5 Å². The SMILES string of the molecule is COc1ccc(F)cc1CSCc1nc2ccsc2c(=O)[nH]1. The van der Waals surface area contributed by atoms with Crippen LogP contribution >= 0.6 is 23.1 Å². The van der Waals surface area contributed by atoms with Gasteiger partial charge in [0.2, 0.25) is 0 Å². The van der Waals surface area contributed by atoms with E-state index in [9.17, 15) is 9.18 Å². The van der Waals surface area contributed by atoms with Gasteiger partial charge >= 0.3 is 0 Å². The van der Waals surface area contributed by atoms with Crippen molar-refractivity contribution in [3.8, 4) is 5.75 Å². The topological polar surface area (TPSA) is 55.0 Å². The zero-order valence-corrected chi connectivity index (χ0v) is 13.4. The first kappa shape index (κ1) is 15.1. The van der Waals surface area contributed by atoms with Gasteiger partial charge in [-0.2, -0.15) is 0 Å². The van der Waals surface area contributed by atoms with Crippen LogP contribution in [0.4, 0.5) is 4.39 Å². The molecule has 0 fully saturated rings. The number of nitrogens with one attached hydrogen (secondary N) is 1. The summed E-state index contributed by atoms with van der Waals surface area (Å²) in [5.74, 6) is 2.11. The van der Waals surface area contributed by atoms with Gasteiger partial charge in [0.1, 0.15) is 22.1 Å². The first-order valence-corrected chi connectivity index (χ1v) is 8.57. The van der Waals surface area contributed by atoms with E-state index in [1.54, 1.807) is 24.9 Å². The summed E-state index contributed by atoms with van der Waals surface area (Å²) in [7, 11) is 1.56. The quantitative estimate of drug-likeness (QED) is 0.774. The first-order valence-electron chi connectivity index (χ1n) is 6.54. The van der Waals surface area contributed by atoms with Crippen molar-refractivity contribution < 1.29 is 9.13 Å². The highest BCUT2D eigenvalue weighted by Crippen LogP contribution is 2.25. The maximum absolute atomic E-state index is 13.3. The Hall–Kier alpha value is -1.86. The number of thioether (sulfide) groups is 1. The number of halogens is 1. The van der Waals surface area contributed by atoms with E-state index >= 15 is 0 Å². The molecule has 7 heteroatoms. The molecule has 0 aliphatic carbocycles. The molecular formula is C15H13FN2O2S2. The van der Waals surface area contributed by atoms with Gasteiger partial charge in [0.05, 0.1) is 18.4 Å². The summed E-state index contributed by atoms with van der Waals surface area (Å²) >= 11 is 2.92. The van der Waals surface area contributed by atoms with Crippen molar-refractivity contribution in [1.29, 1.82) is 0 Å². The van der Waals surface area contributed by atoms with Gasteiger partial charge in [-0.05, 0) is 29.6 Å². The maximum atomic E-state index is 13.3. The molecule has 0 amide bonds. The third-order valence-electron chi connectivity index (χ3n) is 3.10. The minimum absolute atomic E-state index is 0.112. The number of rotatable bonds is 5. The van der Waals surface area contributed by atoms with E-state index < -0.39 is 0 Å². The number of H-pyrrole nitrogens is 1. The van der Waals surface area contributed by atoms with E-state index in [4.69, 9.17) is 4.74 Å². The fraction of sp³-hybridized carbons (Fsp3) is 0.200. The lowest BCUT2D eigenvalue weighted by Gasteiger charge is -2.08. The molecule has 0 radical (unpaired) electrons. The van der Waals surface area contributed by atoms with Crippen molar-refractivity contribution in [2.75, 3.05) is 7.11 Å². The molecule has 0 saturated carbocycles. The first-order chi connectivity index (χ1) is 10.7. The van der Waals surface area contributed by atoms with Gasteiger partial charge in [0.15, 0.2) is 0 Å². The van der Waals surface area contributed by atoms with Gasteiger partial charge < -0.3 is 9.72 Å². The molecule has 2 aromatic heterocycles. The highest BCUT2D eigenvalue weighted by atomic mass is 32.2. The Morgan fingerprint density at radius 3 is 3.05 bits per heavy atom. The van der Waals surface area contributed by atoms with Gasteiger partial charge in [-0.3, -0.25) is 4.79 Å². The summed E-state index contributed by atoms with van der Waals surface area (Å²) in [4.78, 5) is 19.1. The Morgan fingerprint density at radius 2 is 2.23 bits per heavy atom. The minimum atomic E-state index is -0.289. The predicted molar refractivity (Wildman–Crippen MR) is 88.2 cm³/mol. The molecule has 3 aromatic rings. The number of aromatic nitrogens is 2. The number of nitrogens with zero attached hydrogens (tertiary/aromatic N) is 1. The maximum Gasteiger partial charge on any atom is 0.268 e. The van der Waals surface area contributed by atoms with Gasteiger partial charge in [-0.15, -0.1) is 23.1 Å². The lowest BCUT2D eigenvalue weighted by molar-refractivity contribution is 0.410. The number of benzene rings is 1. The zero-order chi connectivity index (χ0) is 15.5. The number of hydrogen-bond donors (Lipinski definition) is 1. The third-order valence-corrected chi connectivity index (χ3v) is 5.00. The Bertz CT molecular complexity index is 860. The number of methoxy groups -OCH3 is 1. The molecule has 1 N–H and O–H groups in total. The fourth-order valence-corrected chi connectivity index (χ4v) is 3.71. The molecule has 0 spiro atoms. The third kappa shape index (κ3) is 3.15. The van der Waals surface area contributed by atoms with E-state index in [-0.39, 0.29) is 11.4 Å². The van der Waals surface area contributed by atoms with Gasteiger partial charge in [-0.1, -0.05) is 0 Å². The predicted octanol–water partition coefficient (Wildman–Crippen LogP) is 3.57. The van der Waals surface area contributed by atoms with Crippen molar-refractivity contribution in [3.05, 3.63) is 57.2 Å². The Labute approximate surface area is 134 Å². The van der Waals surface area contributed by atoms with E-state index in [0.717, 1.165) is 5.56 Å². The minimum Gasteiger partial charge on any atom is -0.496 e. The van der Waals surface area contributed by atoms with Gasteiger partial charge in [0, 0.05) is 11.3 Å². The van der Waals surface area contributed by atoms with Crippen LogP contribution in [0.1, 0.15) is 11.4 Å². The summed E-state index contributed by atoms with van der Waals surface area (Å²) in [5, 5.41) is 1.85. The lowest BCUT2D eigenvalue weighted by atomic mass is 10.2. The van der Waals surface area contributed by atoms with Crippen LogP contribution in [0.5, 0.6) is 5.75 Å². The normalized spacial score (nSPS) is 11.0. The molecule has 0 saturated heterocycles. The van der Waals surface area contributed by atoms with Crippen LogP contribution < -0.4 is 10.3 Å². The largest absolute Gasteiger partial charge is 0.496 e. The average Bonchev–Trinajstić information content (AvgIpc) is 2.96. The van der Waals surface area contributed by atoms with Crippen LogP contribution in [0.25, 0.3) is 10.2 Å². The summed E-state index contributed by atoms with van der Waals surface area (Å²) in [6.07, 6.45) is 0. The van der Waals surface area contributed by atoms with Crippen LogP contribution in [0.15, 0.2) is 34.4 Å². The number of hydrogen-bond acceptors (Lipinski definition) is 5. The van der Waals surface area contributed by atoms with Crippen molar-refractivity contribution in [2.24, 2.45) is 0 Å². The van der Waals surface area contributed by atoms with Crippen molar-refractivity contribution in [1.82, 2.24) is 9.97 Å². The van der Waals surface area contributed by atoms with Crippen LogP contribution in [0.3, 0.4) is 0 Å². The van der Waals surface area contributed by atoms with E-state index in [0.29, 0.717) is 33.3 Å². The smallest absolute Gasteiger partial charge is 0.268 e. The second kappa shape index (κ2) is 6.50. The van der Waals surface area contributed by atoms with Crippen molar-refractivity contribution in [3.63, 3.8) is 0 Å². The lowest BCUT2D eigenvalue weighted by Crippen LogP contribution is -2.09. The summed E-state index contributed by atoms with van der Waals surface area (Å²) in [6.45, 7) is 0. The van der Waals surface area contributed by atoms with Crippen molar-refractivity contribution >= 4 is 33.3 Å². The molecule has 0 aliphatic heterocycles. The molecule has 0 bridgehead atoms. The van der Waals surface area contributed by atoms with E-state index in [2.05, 4.69) is 9.97 Å². The Morgan fingerprint density at radius 1 is 1.36 bits per heavy atom. The molecular weight excluding hydrogens is 323 g/mol. The molecule has 0 atom stereocenters. The molecule has 1 aromatic carbocycles. The molecule has 114 valence electrons. The average molecular weight is 336 g/mol. The number of thiophene rings is 1. The molecule has 22 heavy (non-hydrogen) atoms. The highest BCUT2D eigenvalue weighted by molar-refractivity contribution is 7.97. The number of ether oxygens (including phenoxy) is 1. The monoisotopic (exact) mass is 336 g/mol. The van der Waals surface area contributed by atoms with E-state index in [1.165, 1.54) is 23.5 Å². The standard InChI is InChI=1S/C15H13FN2O2S2/c1-20-12-3-2-10(16)6-9(12)7-21-8-13-17-11-4-5-22-14(11)15(19)18-13/h2-6H,7-8H2,1H3,(H,17,18,19). The summed E-state index contributed by atoms with van der Waals surface area (Å²) in [5.41, 5.74) is 1.39. The molecule has 2 heterocycles. The Kier molecular flexibility index (Phi) is 4.44. The van der Waals surface area contributed by atoms with Crippen LogP contribution in [-0.2, 0) is 11.5 Å². The molecule has 4 nitrogen and oxygen atoms in total. The fourth-order valence-electron chi connectivity index (χ4n) is 2.11. The second-order valence-electron chi connectivity index (χ2n) is 4.60. The Balaban J connectivity index is 1.72. The van der Waals surface area contributed by atoms with E-state index in [1.807, 2.05) is 11.4 Å². The molecule has 3 rings (SSSR count). The van der Waals surface area contributed by atoms with Gasteiger partial charge in [-0.25, -0.2) is 9.37 Å². The number of aromatic amines is 1. The van der Waals surface area contributed by atoms with Crippen LogP contribution in [0.2, 0.25) is 0 Å². The highest BCUT2D eigenvalue weighted by Gasteiger charge is 2.08. The summed E-state index contributed by atoms with van der Waals surface area (Å²) < 4.78 is 19.2. The molecule has 0 unspecified atom stereocenters. The summed E-state index contributed by atoms with van der Waals surface area (Å²) in [6, 6.07) is 6.28. The van der Waals surface area contributed by atoms with Gasteiger partial charge in [0.25, 0.3) is 5.56 Å². The zero-order valence-electron chi connectivity index (χ0n) is 11.8.